The van der Waals surface area contributed by atoms with Crippen LogP contribution in [0.2, 0.25) is 0 Å². The van der Waals surface area contributed by atoms with E-state index in [-0.39, 0.29) is 17.4 Å². The highest BCUT2D eigenvalue weighted by molar-refractivity contribution is 7.92. The van der Waals surface area contributed by atoms with Crippen molar-refractivity contribution in [2.24, 2.45) is 0 Å². The van der Waals surface area contributed by atoms with Gasteiger partial charge in [-0.25, -0.2) is 13.2 Å². The van der Waals surface area contributed by atoms with E-state index >= 15 is 0 Å². The molecular formula is C28H32N2O5S2. The van der Waals surface area contributed by atoms with Crippen LogP contribution in [0.15, 0.2) is 53.4 Å². The number of fused-ring (bicyclic) bond motifs is 1. The predicted molar refractivity (Wildman–Crippen MR) is 147 cm³/mol. The zero-order valence-corrected chi connectivity index (χ0v) is 23.2. The number of anilines is 2. The summed E-state index contributed by atoms with van der Waals surface area (Å²) in [6.07, 6.45) is 2.56. The van der Waals surface area contributed by atoms with Crippen LogP contribution in [-0.2, 0) is 32.4 Å². The first kappa shape index (κ1) is 26.9. The number of carbonyl (C=O) groups excluding carboxylic acids is 2. The minimum atomic E-state index is -4.04. The smallest absolute Gasteiger partial charge is 0.341 e. The van der Waals surface area contributed by atoms with Crippen LogP contribution in [0.5, 0.6) is 0 Å². The van der Waals surface area contributed by atoms with Crippen molar-refractivity contribution in [1.82, 2.24) is 0 Å². The number of aryl methyl sites for hydroxylation is 2. The van der Waals surface area contributed by atoms with Gasteiger partial charge in [-0.05, 0) is 74.4 Å². The van der Waals surface area contributed by atoms with Crippen molar-refractivity contribution in [2.75, 3.05) is 22.8 Å². The molecular weight excluding hydrogens is 508 g/mol. The number of nitrogens with one attached hydrogen (secondary N) is 1. The summed E-state index contributed by atoms with van der Waals surface area (Å²) in [4.78, 5) is 27.2. The summed E-state index contributed by atoms with van der Waals surface area (Å²) < 4.78 is 33.8. The minimum absolute atomic E-state index is 0.0983. The summed E-state index contributed by atoms with van der Waals surface area (Å²) in [5, 5.41) is 3.23. The number of amides is 1. The molecule has 0 saturated heterocycles. The number of rotatable bonds is 9. The molecule has 0 atom stereocenters. The van der Waals surface area contributed by atoms with Gasteiger partial charge in [-0.2, -0.15) is 0 Å². The third kappa shape index (κ3) is 5.72. The second-order valence-corrected chi connectivity index (χ2v) is 12.4. The number of hydrogen-bond donors (Lipinski definition) is 1. The monoisotopic (exact) mass is 540 g/mol. The molecule has 4 rings (SSSR count). The van der Waals surface area contributed by atoms with Crippen LogP contribution in [0, 0.1) is 6.92 Å². The van der Waals surface area contributed by atoms with Crippen molar-refractivity contribution in [3.8, 4) is 0 Å². The van der Waals surface area contributed by atoms with Gasteiger partial charge >= 0.3 is 5.97 Å². The summed E-state index contributed by atoms with van der Waals surface area (Å²) in [6.45, 7) is 7.52. The molecule has 3 aromatic rings. The van der Waals surface area contributed by atoms with Gasteiger partial charge in [-0.1, -0.05) is 43.7 Å². The number of benzene rings is 2. The Bertz CT molecular complexity index is 1390. The quantitative estimate of drug-likeness (QED) is 0.353. The predicted octanol–water partition coefficient (Wildman–Crippen LogP) is 5.68. The standard InChI is InChI=1S/C28H32N2O5S2/c1-5-35-28(32)26-23-7-6-8-24(23)36-27(26)29-25(31)17-30(21-13-11-20(12-14-21)18(2)3)37(33,34)22-15-9-19(4)10-16-22/h9-16,18H,5-8,17H2,1-4H3,(H,29,31). The van der Waals surface area contributed by atoms with Crippen LogP contribution in [0.1, 0.15) is 65.0 Å². The Hall–Kier alpha value is -3.17. The largest absolute Gasteiger partial charge is 0.462 e. The van der Waals surface area contributed by atoms with E-state index in [2.05, 4.69) is 19.2 Å². The van der Waals surface area contributed by atoms with E-state index < -0.39 is 28.4 Å². The lowest BCUT2D eigenvalue weighted by Gasteiger charge is -2.24. The van der Waals surface area contributed by atoms with E-state index in [0.717, 1.165) is 45.1 Å². The molecule has 7 nitrogen and oxygen atoms in total. The molecule has 0 unspecified atom stereocenters. The van der Waals surface area contributed by atoms with E-state index in [0.29, 0.717) is 16.3 Å². The highest BCUT2D eigenvalue weighted by atomic mass is 32.2. The highest BCUT2D eigenvalue weighted by Gasteiger charge is 2.31. The molecule has 37 heavy (non-hydrogen) atoms. The third-order valence-electron chi connectivity index (χ3n) is 6.40. The molecule has 196 valence electrons. The van der Waals surface area contributed by atoms with Crippen LogP contribution in [0.25, 0.3) is 0 Å². The molecule has 0 fully saturated rings. The zero-order valence-electron chi connectivity index (χ0n) is 21.5. The van der Waals surface area contributed by atoms with Crippen molar-refractivity contribution in [3.63, 3.8) is 0 Å². The van der Waals surface area contributed by atoms with Crippen molar-refractivity contribution in [1.29, 1.82) is 0 Å². The Labute approximate surface area is 222 Å². The van der Waals surface area contributed by atoms with Gasteiger partial charge < -0.3 is 10.1 Å². The Balaban J connectivity index is 1.67. The lowest BCUT2D eigenvalue weighted by atomic mass is 10.0. The highest BCUT2D eigenvalue weighted by Crippen LogP contribution is 2.39. The summed E-state index contributed by atoms with van der Waals surface area (Å²) in [5.74, 6) is -0.721. The number of ether oxygens (including phenoxy) is 1. The second kappa shape index (κ2) is 11.1. The van der Waals surface area contributed by atoms with Crippen LogP contribution in [-0.4, -0.2) is 33.4 Å². The minimum Gasteiger partial charge on any atom is -0.462 e. The molecule has 0 aliphatic heterocycles. The summed E-state index contributed by atoms with van der Waals surface area (Å²) in [5.41, 5.74) is 3.70. The van der Waals surface area contributed by atoms with Crippen LogP contribution in [0.3, 0.4) is 0 Å². The molecule has 0 radical (unpaired) electrons. The lowest BCUT2D eigenvalue weighted by molar-refractivity contribution is -0.114. The molecule has 0 spiro atoms. The van der Waals surface area contributed by atoms with Crippen LogP contribution >= 0.6 is 11.3 Å². The van der Waals surface area contributed by atoms with Crippen LogP contribution < -0.4 is 9.62 Å². The molecule has 9 heteroatoms. The van der Waals surface area contributed by atoms with Crippen molar-refractivity contribution >= 4 is 43.9 Å². The molecule has 1 aliphatic carbocycles. The number of carbonyl (C=O) groups is 2. The number of esters is 1. The fourth-order valence-corrected chi connectivity index (χ4v) is 7.10. The fraction of sp³-hybridized carbons (Fsp3) is 0.357. The van der Waals surface area contributed by atoms with Gasteiger partial charge in [0.2, 0.25) is 5.91 Å². The molecule has 1 aliphatic rings. The Morgan fingerprint density at radius 2 is 1.73 bits per heavy atom. The van der Waals surface area contributed by atoms with Crippen LogP contribution in [0.4, 0.5) is 10.7 Å². The maximum Gasteiger partial charge on any atom is 0.341 e. The lowest BCUT2D eigenvalue weighted by Crippen LogP contribution is -2.38. The molecule has 1 aromatic heterocycles. The number of nitrogens with zero attached hydrogens (tertiary/aromatic N) is 1. The zero-order chi connectivity index (χ0) is 26.7. The molecule has 1 N–H and O–H groups in total. The van der Waals surface area contributed by atoms with Crippen molar-refractivity contribution in [2.45, 2.75) is 57.8 Å². The second-order valence-electron chi connectivity index (χ2n) is 9.40. The first-order valence-corrected chi connectivity index (χ1v) is 14.7. The SMILES string of the molecule is CCOC(=O)c1c(NC(=O)CN(c2ccc(C(C)C)cc2)S(=O)(=O)c2ccc(C)cc2)sc2c1CCC2. The Kier molecular flexibility index (Phi) is 8.04. The van der Waals surface area contributed by atoms with Gasteiger partial charge in [0.05, 0.1) is 22.8 Å². The molecule has 0 bridgehead atoms. The topological polar surface area (TPSA) is 92.8 Å². The number of sulfonamides is 1. The normalized spacial score (nSPS) is 12.9. The first-order valence-electron chi connectivity index (χ1n) is 12.4. The van der Waals surface area contributed by atoms with Gasteiger partial charge in [0.15, 0.2) is 0 Å². The Morgan fingerprint density at radius 3 is 2.35 bits per heavy atom. The van der Waals surface area contributed by atoms with Crippen molar-refractivity contribution in [3.05, 3.63) is 75.7 Å². The average Bonchev–Trinajstić information content (AvgIpc) is 3.44. The summed E-state index contributed by atoms with van der Waals surface area (Å²) in [7, 11) is -4.04. The first-order chi connectivity index (χ1) is 17.6. The van der Waals surface area contributed by atoms with E-state index in [9.17, 15) is 18.0 Å². The van der Waals surface area contributed by atoms with Gasteiger partial charge in [0, 0.05) is 4.88 Å². The molecule has 2 aromatic carbocycles. The van der Waals surface area contributed by atoms with E-state index in [1.807, 2.05) is 19.1 Å². The van der Waals surface area contributed by atoms with Gasteiger partial charge in [-0.15, -0.1) is 11.3 Å². The van der Waals surface area contributed by atoms with Gasteiger partial charge in [-0.3, -0.25) is 9.10 Å². The summed E-state index contributed by atoms with van der Waals surface area (Å²) in [6, 6.07) is 13.7. The van der Waals surface area contributed by atoms with E-state index in [1.54, 1.807) is 43.3 Å². The van der Waals surface area contributed by atoms with Gasteiger partial charge in [0.1, 0.15) is 11.5 Å². The Morgan fingerprint density at radius 1 is 1.05 bits per heavy atom. The molecule has 1 heterocycles. The van der Waals surface area contributed by atoms with E-state index in [1.165, 1.54) is 11.3 Å². The number of thiophene rings is 1. The van der Waals surface area contributed by atoms with Crippen molar-refractivity contribution < 1.29 is 22.7 Å². The van der Waals surface area contributed by atoms with E-state index in [4.69, 9.17) is 4.74 Å². The van der Waals surface area contributed by atoms with Gasteiger partial charge in [0.25, 0.3) is 10.0 Å². The molecule has 1 amide bonds. The summed E-state index contributed by atoms with van der Waals surface area (Å²) >= 11 is 1.36. The maximum absolute atomic E-state index is 13.7. The maximum atomic E-state index is 13.7. The molecule has 0 saturated carbocycles. The third-order valence-corrected chi connectivity index (χ3v) is 9.39. The fourth-order valence-electron chi connectivity index (χ4n) is 4.39. The average molecular weight is 541 g/mol. The number of hydrogen-bond acceptors (Lipinski definition) is 6.